The van der Waals surface area contributed by atoms with E-state index in [9.17, 15) is 8.42 Å². The second kappa shape index (κ2) is 5.95. The molecule has 1 aliphatic heterocycles. The zero-order valence-corrected chi connectivity index (χ0v) is 11.0. The molecular formula is C10H23N3O2S. The molecule has 0 saturated carbocycles. The molecule has 1 aliphatic rings. The standard InChI is InChI=1S/C10H23N3O2S/c1-3-9(2)12-16(14,15)13-7-5-4-6-10(13)8-11/h9-10,12H,3-8,11H2,1-2H3. The van der Waals surface area contributed by atoms with Gasteiger partial charge in [0.15, 0.2) is 0 Å². The molecule has 1 heterocycles. The Morgan fingerprint density at radius 3 is 2.75 bits per heavy atom. The van der Waals surface area contributed by atoms with E-state index in [2.05, 4.69) is 4.72 Å². The Morgan fingerprint density at radius 2 is 2.19 bits per heavy atom. The molecule has 1 fully saturated rings. The number of rotatable bonds is 5. The third-order valence-corrected chi connectivity index (χ3v) is 4.91. The van der Waals surface area contributed by atoms with Crippen molar-refractivity contribution in [3.05, 3.63) is 0 Å². The Kier molecular flexibility index (Phi) is 5.17. The minimum atomic E-state index is -3.35. The first kappa shape index (κ1) is 13.9. The molecule has 16 heavy (non-hydrogen) atoms. The van der Waals surface area contributed by atoms with E-state index < -0.39 is 10.2 Å². The largest absolute Gasteiger partial charge is 0.329 e. The van der Waals surface area contributed by atoms with Crippen LogP contribution < -0.4 is 10.5 Å². The van der Waals surface area contributed by atoms with E-state index in [4.69, 9.17) is 5.73 Å². The fourth-order valence-corrected chi connectivity index (χ4v) is 3.70. The lowest BCUT2D eigenvalue weighted by Gasteiger charge is -2.34. The van der Waals surface area contributed by atoms with Gasteiger partial charge in [0, 0.05) is 25.2 Å². The molecule has 1 saturated heterocycles. The van der Waals surface area contributed by atoms with Gasteiger partial charge in [-0.15, -0.1) is 0 Å². The highest BCUT2D eigenvalue weighted by Crippen LogP contribution is 2.19. The molecule has 0 aromatic carbocycles. The average Bonchev–Trinajstić information content (AvgIpc) is 2.28. The fraction of sp³-hybridized carbons (Fsp3) is 1.00. The van der Waals surface area contributed by atoms with E-state index in [0.717, 1.165) is 25.7 Å². The van der Waals surface area contributed by atoms with E-state index in [1.54, 1.807) is 0 Å². The molecule has 0 aromatic rings. The van der Waals surface area contributed by atoms with Crippen molar-refractivity contribution in [2.75, 3.05) is 13.1 Å². The van der Waals surface area contributed by atoms with Gasteiger partial charge < -0.3 is 5.73 Å². The van der Waals surface area contributed by atoms with Crippen LogP contribution in [0, 0.1) is 0 Å². The van der Waals surface area contributed by atoms with Crippen molar-refractivity contribution in [1.82, 2.24) is 9.03 Å². The third kappa shape index (κ3) is 3.41. The lowest BCUT2D eigenvalue weighted by molar-refractivity contribution is 0.253. The minimum Gasteiger partial charge on any atom is -0.329 e. The van der Waals surface area contributed by atoms with Gasteiger partial charge in [0.25, 0.3) is 10.2 Å². The van der Waals surface area contributed by atoms with Crippen molar-refractivity contribution in [3.63, 3.8) is 0 Å². The summed E-state index contributed by atoms with van der Waals surface area (Å²) >= 11 is 0. The van der Waals surface area contributed by atoms with Crippen molar-refractivity contribution < 1.29 is 8.42 Å². The first-order chi connectivity index (χ1) is 7.51. The lowest BCUT2D eigenvalue weighted by atomic mass is 10.1. The van der Waals surface area contributed by atoms with Gasteiger partial charge in [0.2, 0.25) is 0 Å². The van der Waals surface area contributed by atoms with Gasteiger partial charge in [-0.2, -0.15) is 17.4 Å². The van der Waals surface area contributed by atoms with Crippen LogP contribution in [0.2, 0.25) is 0 Å². The maximum absolute atomic E-state index is 12.1. The van der Waals surface area contributed by atoms with Gasteiger partial charge in [-0.1, -0.05) is 13.3 Å². The Balaban J connectivity index is 2.72. The van der Waals surface area contributed by atoms with Gasteiger partial charge in [0.1, 0.15) is 0 Å². The average molecular weight is 249 g/mol. The maximum atomic E-state index is 12.1. The van der Waals surface area contributed by atoms with E-state index in [0.29, 0.717) is 13.1 Å². The van der Waals surface area contributed by atoms with Crippen LogP contribution in [-0.2, 0) is 10.2 Å². The minimum absolute atomic E-state index is 0.0228. The molecule has 0 radical (unpaired) electrons. The first-order valence-electron chi connectivity index (χ1n) is 6.00. The van der Waals surface area contributed by atoms with Crippen LogP contribution in [0.25, 0.3) is 0 Å². The molecule has 0 aromatic heterocycles. The number of hydrogen-bond donors (Lipinski definition) is 2. The molecule has 0 amide bonds. The third-order valence-electron chi connectivity index (χ3n) is 3.12. The predicted octanol–water partition coefficient (Wildman–Crippen LogP) is 0.433. The topological polar surface area (TPSA) is 75.4 Å². The summed E-state index contributed by atoms with van der Waals surface area (Å²) in [5, 5.41) is 0. The first-order valence-corrected chi connectivity index (χ1v) is 7.44. The van der Waals surface area contributed by atoms with Gasteiger partial charge in [-0.25, -0.2) is 0 Å². The molecule has 2 unspecified atom stereocenters. The normalized spacial score (nSPS) is 25.6. The summed E-state index contributed by atoms with van der Waals surface area (Å²) in [7, 11) is -3.35. The van der Waals surface area contributed by atoms with Gasteiger partial charge in [0.05, 0.1) is 0 Å². The van der Waals surface area contributed by atoms with Crippen LogP contribution in [0.3, 0.4) is 0 Å². The Morgan fingerprint density at radius 1 is 1.50 bits per heavy atom. The van der Waals surface area contributed by atoms with Crippen LogP contribution in [0.4, 0.5) is 0 Å². The van der Waals surface area contributed by atoms with Crippen LogP contribution in [-0.4, -0.2) is 37.9 Å². The van der Waals surface area contributed by atoms with Gasteiger partial charge in [-0.3, -0.25) is 0 Å². The van der Waals surface area contributed by atoms with Crippen molar-refractivity contribution in [3.8, 4) is 0 Å². The highest BCUT2D eigenvalue weighted by atomic mass is 32.2. The molecule has 0 spiro atoms. The second-order valence-corrected chi connectivity index (χ2v) is 6.08. The number of piperidine rings is 1. The zero-order chi connectivity index (χ0) is 12.2. The molecule has 5 nitrogen and oxygen atoms in total. The molecule has 1 rings (SSSR count). The Bertz CT molecular complexity index is 305. The highest BCUT2D eigenvalue weighted by Gasteiger charge is 2.31. The molecule has 3 N–H and O–H groups in total. The Labute approximate surface area is 98.6 Å². The lowest BCUT2D eigenvalue weighted by Crippen LogP contribution is -2.53. The quantitative estimate of drug-likeness (QED) is 0.742. The highest BCUT2D eigenvalue weighted by molar-refractivity contribution is 7.87. The van der Waals surface area contributed by atoms with E-state index in [1.807, 2.05) is 13.8 Å². The van der Waals surface area contributed by atoms with Crippen LogP contribution in [0.5, 0.6) is 0 Å². The summed E-state index contributed by atoms with van der Waals surface area (Å²) in [6.07, 6.45) is 3.66. The summed E-state index contributed by atoms with van der Waals surface area (Å²) in [6.45, 7) is 4.83. The zero-order valence-electron chi connectivity index (χ0n) is 10.1. The summed E-state index contributed by atoms with van der Waals surface area (Å²) < 4.78 is 28.4. The molecule has 0 bridgehead atoms. The Hall–Kier alpha value is -0.170. The molecule has 0 aliphatic carbocycles. The smallest absolute Gasteiger partial charge is 0.279 e. The van der Waals surface area contributed by atoms with Crippen LogP contribution in [0.1, 0.15) is 39.5 Å². The second-order valence-electron chi connectivity index (χ2n) is 4.43. The van der Waals surface area contributed by atoms with E-state index >= 15 is 0 Å². The van der Waals surface area contributed by atoms with Crippen molar-refractivity contribution in [2.45, 2.75) is 51.6 Å². The van der Waals surface area contributed by atoms with Crippen molar-refractivity contribution >= 4 is 10.2 Å². The van der Waals surface area contributed by atoms with E-state index in [1.165, 1.54) is 4.31 Å². The van der Waals surface area contributed by atoms with Crippen molar-refractivity contribution in [1.29, 1.82) is 0 Å². The fourth-order valence-electron chi connectivity index (χ4n) is 1.93. The predicted molar refractivity (Wildman–Crippen MR) is 65.2 cm³/mol. The SMILES string of the molecule is CCC(C)NS(=O)(=O)N1CCCCC1CN. The number of hydrogen-bond acceptors (Lipinski definition) is 3. The monoisotopic (exact) mass is 249 g/mol. The number of nitrogens with one attached hydrogen (secondary N) is 1. The van der Waals surface area contributed by atoms with Crippen molar-refractivity contribution in [2.24, 2.45) is 5.73 Å². The number of nitrogens with zero attached hydrogens (tertiary/aromatic N) is 1. The summed E-state index contributed by atoms with van der Waals surface area (Å²) in [5.41, 5.74) is 5.62. The maximum Gasteiger partial charge on any atom is 0.279 e. The number of nitrogens with two attached hydrogens (primary N) is 1. The molecular weight excluding hydrogens is 226 g/mol. The van der Waals surface area contributed by atoms with Crippen LogP contribution >= 0.6 is 0 Å². The molecule has 96 valence electrons. The van der Waals surface area contributed by atoms with Gasteiger partial charge in [-0.05, 0) is 26.2 Å². The van der Waals surface area contributed by atoms with E-state index in [-0.39, 0.29) is 12.1 Å². The molecule has 6 heteroatoms. The molecule has 2 atom stereocenters. The summed E-state index contributed by atoms with van der Waals surface area (Å²) in [5.74, 6) is 0. The summed E-state index contributed by atoms with van der Waals surface area (Å²) in [6, 6.07) is -0.0549. The van der Waals surface area contributed by atoms with Gasteiger partial charge >= 0.3 is 0 Å². The summed E-state index contributed by atoms with van der Waals surface area (Å²) in [4.78, 5) is 0. The van der Waals surface area contributed by atoms with Crippen LogP contribution in [0.15, 0.2) is 0 Å².